The number of nitro benzene ring substituents is 1. The van der Waals surface area contributed by atoms with E-state index < -0.39 is 10.8 Å². The Morgan fingerprint density at radius 1 is 1.31 bits per heavy atom. The molecule has 0 aliphatic carbocycles. The summed E-state index contributed by atoms with van der Waals surface area (Å²) in [5.41, 5.74) is -0.468. The monoisotopic (exact) mass is 363 g/mol. The van der Waals surface area contributed by atoms with Gasteiger partial charge in [0.25, 0.3) is 11.6 Å². The highest BCUT2D eigenvalue weighted by molar-refractivity contribution is 5.99. The zero-order chi connectivity index (χ0) is 19.3. The normalized spacial score (nSPS) is 11.9. The van der Waals surface area contributed by atoms with Crippen LogP contribution < -0.4 is 14.8 Å². The Hall–Kier alpha value is -3.07. The van der Waals surface area contributed by atoms with Crippen LogP contribution in [0.15, 0.2) is 34.9 Å². The smallest absolute Gasteiger partial charge is 0.286 e. The number of nitrogens with zero attached hydrogens (tertiary/aromatic N) is 2. The predicted octanol–water partition coefficient (Wildman–Crippen LogP) is 2.24. The zero-order valence-electron chi connectivity index (χ0n) is 15.0. The first-order valence-corrected chi connectivity index (χ1v) is 7.77. The Balaban J connectivity index is 2.26. The maximum Gasteiger partial charge on any atom is 0.286 e. The number of furan rings is 1. The number of benzene rings is 1. The van der Waals surface area contributed by atoms with Gasteiger partial charge >= 0.3 is 0 Å². The first-order chi connectivity index (χ1) is 12.4. The maximum atomic E-state index is 12.6. The largest absolute Gasteiger partial charge is 0.493 e. The fraction of sp³-hybridized carbons (Fsp3) is 0.353. The molecule has 9 nitrogen and oxygen atoms in total. The van der Waals surface area contributed by atoms with E-state index in [4.69, 9.17) is 13.9 Å². The van der Waals surface area contributed by atoms with Crippen LogP contribution in [-0.2, 0) is 0 Å². The van der Waals surface area contributed by atoms with Crippen molar-refractivity contribution in [3.8, 4) is 11.5 Å². The third-order valence-corrected chi connectivity index (χ3v) is 3.89. The molecule has 1 atom stereocenters. The molecule has 0 fully saturated rings. The lowest BCUT2D eigenvalue weighted by molar-refractivity contribution is -0.385. The summed E-state index contributed by atoms with van der Waals surface area (Å²) >= 11 is 0. The first kappa shape index (κ1) is 19.3. The number of hydrogen-bond acceptors (Lipinski definition) is 7. The molecule has 26 heavy (non-hydrogen) atoms. The van der Waals surface area contributed by atoms with Gasteiger partial charge in [-0.05, 0) is 26.2 Å². The molecule has 140 valence electrons. The maximum absolute atomic E-state index is 12.6. The second-order valence-electron chi connectivity index (χ2n) is 5.69. The van der Waals surface area contributed by atoms with Crippen LogP contribution in [0, 0.1) is 10.1 Å². The molecule has 2 aromatic rings. The van der Waals surface area contributed by atoms with E-state index in [0.717, 1.165) is 0 Å². The van der Waals surface area contributed by atoms with E-state index in [0.29, 0.717) is 5.76 Å². The minimum atomic E-state index is -0.632. The molecule has 1 amide bonds. The fourth-order valence-corrected chi connectivity index (χ4v) is 2.50. The average Bonchev–Trinajstić information content (AvgIpc) is 3.14. The number of carbonyl (C=O) groups is 1. The zero-order valence-corrected chi connectivity index (χ0v) is 15.0. The topological polar surface area (TPSA) is 107 Å². The molecule has 0 saturated carbocycles. The Labute approximate surface area is 150 Å². The van der Waals surface area contributed by atoms with Gasteiger partial charge < -0.3 is 19.2 Å². The van der Waals surface area contributed by atoms with E-state index in [9.17, 15) is 14.9 Å². The molecule has 1 heterocycles. The summed E-state index contributed by atoms with van der Waals surface area (Å²) in [6.45, 7) is 0.213. The lowest BCUT2D eigenvalue weighted by Gasteiger charge is -2.22. The number of methoxy groups -OCH3 is 2. The quantitative estimate of drug-likeness (QED) is 0.566. The van der Waals surface area contributed by atoms with Gasteiger partial charge in [0.15, 0.2) is 11.5 Å². The van der Waals surface area contributed by atoms with Crippen molar-refractivity contribution in [2.24, 2.45) is 0 Å². The molecule has 0 aliphatic rings. The molecule has 0 radical (unpaired) electrons. The lowest BCUT2D eigenvalue weighted by Crippen LogP contribution is -2.34. The van der Waals surface area contributed by atoms with Gasteiger partial charge in [-0.15, -0.1) is 0 Å². The van der Waals surface area contributed by atoms with Gasteiger partial charge in [0.05, 0.1) is 37.5 Å². The van der Waals surface area contributed by atoms with Crippen molar-refractivity contribution in [1.29, 1.82) is 0 Å². The molecular formula is C17H21N3O6. The molecular weight excluding hydrogens is 342 g/mol. The number of nitrogens with one attached hydrogen (secondary N) is 1. The number of hydrogen-bond donors (Lipinski definition) is 1. The average molecular weight is 363 g/mol. The highest BCUT2D eigenvalue weighted by atomic mass is 16.6. The highest BCUT2D eigenvalue weighted by Crippen LogP contribution is 2.34. The lowest BCUT2D eigenvalue weighted by atomic mass is 10.1. The molecule has 1 aromatic heterocycles. The van der Waals surface area contributed by atoms with Crippen molar-refractivity contribution in [3.05, 3.63) is 52.0 Å². The van der Waals surface area contributed by atoms with Crippen LogP contribution in [0.2, 0.25) is 0 Å². The van der Waals surface area contributed by atoms with Gasteiger partial charge in [0.2, 0.25) is 0 Å². The summed E-state index contributed by atoms with van der Waals surface area (Å²) in [4.78, 5) is 25.2. The van der Waals surface area contributed by atoms with Crippen LogP contribution in [0.4, 0.5) is 5.69 Å². The van der Waals surface area contributed by atoms with Crippen LogP contribution >= 0.6 is 0 Å². The number of rotatable bonds is 8. The SMILES string of the molecule is COc1cc(C(=O)NC[C@H](c2ccco2)N(C)C)c([N+](=O)[O-])cc1OC. The minimum Gasteiger partial charge on any atom is -0.493 e. The van der Waals surface area contributed by atoms with Crippen LogP contribution in [0.1, 0.15) is 22.2 Å². The molecule has 1 N–H and O–H groups in total. The van der Waals surface area contributed by atoms with E-state index in [-0.39, 0.29) is 35.3 Å². The van der Waals surface area contributed by atoms with Gasteiger partial charge in [0, 0.05) is 12.6 Å². The Bertz CT molecular complexity index is 773. The van der Waals surface area contributed by atoms with Crippen molar-refractivity contribution in [2.75, 3.05) is 34.9 Å². The van der Waals surface area contributed by atoms with Crippen molar-refractivity contribution in [2.45, 2.75) is 6.04 Å². The molecule has 0 spiro atoms. The molecule has 0 saturated heterocycles. The summed E-state index contributed by atoms with van der Waals surface area (Å²) in [5, 5.41) is 14.0. The summed E-state index contributed by atoms with van der Waals surface area (Å²) in [7, 11) is 6.45. The minimum absolute atomic E-state index is 0.107. The van der Waals surface area contributed by atoms with E-state index in [1.54, 1.807) is 18.4 Å². The van der Waals surface area contributed by atoms with E-state index in [2.05, 4.69) is 5.32 Å². The Kier molecular flexibility index (Phi) is 6.18. The summed E-state index contributed by atoms with van der Waals surface area (Å²) in [6, 6.07) is 5.81. The van der Waals surface area contributed by atoms with Crippen LogP contribution in [0.25, 0.3) is 0 Å². The molecule has 9 heteroatoms. The van der Waals surface area contributed by atoms with Crippen molar-refractivity contribution in [3.63, 3.8) is 0 Å². The first-order valence-electron chi connectivity index (χ1n) is 7.77. The summed E-state index contributed by atoms with van der Waals surface area (Å²) < 4.78 is 15.6. The van der Waals surface area contributed by atoms with Gasteiger partial charge in [-0.1, -0.05) is 0 Å². The second-order valence-corrected chi connectivity index (χ2v) is 5.69. The number of ether oxygens (including phenoxy) is 2. The van der Waals surface area contributed by atoms with Crippen molar-refractivity contribution in [1.82, 2.24) is 10.2 Å². The molecule has 0 aliphatic heterocycles. The number of amides is 1. The summed E-state index contributed by atoms with van der Waals surface area (Å²) in [6.07, 6.45) is 1.55. The molecule has 1 aromatic carbocycles. The fourth-order valence-electron chi connectivity index (χ4n) is 2.50. The van der Waals surface area contributed by atoms with E-state index in [1.807, 2.05) is 19.0 Å². The Morgan fingerprint density at radius 2 is 1.96 bits per heavy atom. The van der Waals surface area contributed by atoms with Crippen molar-refractivity contribution >= 4 is 11.6 Å². The van der Waals surface area contributed by atoms with Crippen LogP contribution in [0.3, 0.4) is 0 Å². The van der Waals surface area contributed by atoms with Gasteiger partial charge in [-0.2, -0.15) is 0 Å². The van der Waals surface area contributed by atoms with E-state index >= 15 is 0 Å². The third-order valence-electron chi connectivity index (χ3n) is 3.89. The predicted molar refractivity (Wildman–Crippen MR) is 93.7 cm³/mol. The second kappa shape index (κ2) is 8.34. The van der Waals surface area contributed by atoms with Gasteiger partial charge in [-0.3, -0.25) is 19.8 Å². The molecule has 0 bridgehead atoms. The third kappa shape index (κ3) is 4.12. The van der Waals surface area contributed by atoms with E-state index in [1.165, 1.54) is 26.4 Å². The number of carbonyl (C=O) groups excluding carboxylic acids is 1. The molecule has 2 rings (SSSR count). The standard InChI is InChI=1S/C17H21N3O6/c1-19(2)13(14-6-5-7-26-14)10-18-17(21)11-8-15(24-3)16(25-4)9-12(11)20(22)23/h5-9,13H,10H2,1-4H3,(H,18,21)/t13-/m1/s1. The number of likely N-dealkylation sites (N-methyl/N-ethyl adjacent to an activating group) is 1. The van der Waals surface area contributed by atoms with Gasteiger partial charge in [-0.25, -0.2) is 0 Å². The summed E-state index contributed by atoms with van der Waals surface area (Å²) in [5.74, 6) is 0.504. The van der Waals surface area contributed by atoms with Crippen LogP contribution in [0.5, 0.6) is 11.5 Å². The van der Waals surface area contributed by atoms with Crippen molar-refractivity contribution < 1.29 is 23.6 Å². The highest BCUT2D eigenvalue weighted by Gasteiger charge is 2.26. The van der Waals surface area contributed by atoms with Crippen LogP contribution in [-0.4, -0.2) is 50.6 Å². The molecule has 0 unspecified atom stereocenters. The Morgan fingerprint density at radius 3 is 2.46 bits per heavy atom. The number of nitro groups is 1. The van der Waals surface area contributed by atoms with Gasteiger partial charge in [0.1, 0.15) is 11.3 Å².